The second kappa shape index (κ2) is 11.7. The minimum atomic E-state index is -0.736. The summed E-state index contributed by atoms with van der Waals surface area (Å²) < 4.78 is 40.3. The van der Waals surface area contributed by atoms with E-state index in [-0.39, 0.29) is 41.7 Å². The molecule has 1 atom stereocenters. The number of hydrogen-bond donors (Lipinski definition) is 0. The number of amides is 2. The predicted octanol–water partition coefficient (Wildman–Crippen LogP) is 7.30. The number of carbonyl (C=O) groups is 2. The minimum absolute atomic E-state index is 0.0458. The summed E-state index contributed by atoms with van der Waals surface area (Å²) in [6, 6.07) is 9.97. The van der Waals surface area contributed by atoms with Gasteiger partial charge in [0, 0.05) is 30.8 Å². The molecule has 0 N–H and O–H groups in total. The van der Waals surface area contributed by atoms with Crippen molar-refractivity contribution in [2.75, 3.05) is 20.2 Å². The Balaban J connectivity index is 1.50. The maximum atomic E-state index is 14.8. The van der Waals surface area contributed by atoms with Crippen LogP contribution in [0.3, 0.4) is 0 Å². The summed E-state index contributed by atoms with van der Waals surface area (Å²) in [5.41, 5.74) is 2.51. The van der Waals surface area contributed by atoms with Gasteiger partial charge in [-0.1, -0.05) is 35.9 Å². The second-order valence-corrected chi connectivity index (χ2v) is 12.6. The van der Waals surface area contributed by atoms with Gasteiger partial charge in [0.1, 0.15) is 17.2 Å². The van der Waals surface area contributed by atoms with Crippen molar-refractivity contribution < 1.29 is 27.8 Å². The van der Waals surface area contributed by atoms with Crippen molar-refractivity contribution in [1.82, 2.24) is 9.80 Å². The van der Waals surface area contributed by atoms with Gasteiger partial charge in [-0.05, 0) is 87.6 Å². The molecular formula is C32H37ClF2N2O4. The van der Waals surface area contributed by atoms with E-state index >= 15 is 0 Å². The van der Waals surface area contributed by atoms with Gasteiger partial charge >= 0.3 is 6.09 Å². The molecule has 1 aliphatic heterocycles. The van der Waals surface area contributed by atoms with Gasteiger partial charge in [0.2, 0.25) is 0 Å². The van der Waals surface area contributed by atoms with E-state index in [1.165, 1.54) is 4.90 Å². The number of methoxy groups -OCH3 is 1. The number of halogens is 3. The fraction of sp³-hybridized carbons (Fsp3) is 0.500. The van der Waals surface area contributed by atoms with Crippen molar-refractivity contribution in [2.24, 2.45) is 5.92 Å². The van der Waals surface area contributed by atoms with Crippen molar-refractivity contribution in [3.63, 3.8) is 0 Å². The number of hydrogen-bond acceptors (Lipinski definition) is 4. The van der Waals surface area contributed by atoms with E-state index in [1.807, 2.05) is 24.3 Å². The monoisotopic (exact) mass is 586 g/mol. The molecular weight excluding hydrogens is 550 g/mol. The van der Waals surface area contributed by atoms with Crippen LogP contribution in [0.25, 0.3) is 5.57 Å². The highest BCUT2D eigenvalue weighted by Crippen LogP contribution is 2.43. The first-order valence-corrected chi connectivity index (χ1v) is 14.6. The molecule has 0 spiro atoms. The number of ether oxygens (including phenoxy) is 2. The van der Waals surface area contributed by atoms with E-state index in [0.717, 1.165) is 54.5 Å². The SMILES string of the molecule is COC(c1ccc(C2=C(C(=O)N(Cc3c(F)ccc(F)c3Cl)C3CC3)CN(C(=O)OC(C)(C)C)CC2)cc1)C1CC1. The van der Waals surface area contributed by atoms with Crippen LogP contribution in [0.4, 0.5) is 13.6 Å². The fourth-order valence-corrected chi connectivity index (χ4v) is 5.66. The quantitative estimate of drug-likeness (QED) is 0.305. The van der Waals surface area contributed by atoms with Gasteiger partial charge in [-0.2, -0.15) is 0 Å². The molecule has 1 unspecified atom stereocenters. The lowest BCUT2D eigenvalue weighted by atomic mass is 9.91. The van der Waals surface area contributed by atoms with Crippen LogP contribution in [-0.4, -0.2) is 53.6 Å². The first-order chi connectivity index (χ1) is 19.5. The Labute approximate surface area is 245 Å². The molecule has 5 rings (SSSR count). The number of rotatable bonds is 8. The minimum Gasteiger partial charge on any atom is -0.444 e. The van der Waals surface area contributed by atoms with Crippen molar-refractivity contribution >= 4 is 29.2 Å². The maximum absolute atomic E-state index is 14.8. The number of nitrogens with zero attached hydrogens (tertiary/aromatic N) is 2. The molecule has 2 aliphatic carbocycles. The molecule has 9 heteroatoms. The highest BCUT2D eigenvalue weighted by atomic mass is 35.5. The van der Waals surface area contributed by atoms with Gasteiger partial charge < -0.3 is 19.3 Å². The van der Waals surface area contributed by atoms with Gasteiger partial charge in [0.15, 0.2) is 0 Å². The number of carbonyl (C=O) groups excluding carboxylic acids is 2. The summed E-state index contributed by atoms with van der Waals surface area (Å²) >= 11 is 6.14. The first-order valence-electron chi connectivity index (χ1n) is 14.2. The first kappa shape index (κ1) is 29.5. The third kappa shape index (κ3) is 6.75. The molecule has 2 saturated carbocycles. The standard InChI is InChI=1S/C32H37ClF2N2O4/c1-32(2,3)41-31(39)36-16-15-23(19-5-7-20(8-6-19)29(40-4)21-9-10-21)24(17-36)30(38)37(22-11-12-22)18-25-26(34)13-14-27(35)28(25)33/h5-8,13-14,21-22,29H,9-12,15-18H2,1-4H3. The van der Waals surface area contributed by atoms with E-state index in [1.54, 1.807) is 32.8 Å². The summed E-state index contributed by atoms with van der Waals surface area (Å²) in [5.74, 6) is -1.18. The summed E-state index contributed by atoms with van der Waals surface area (Å²) in [4.78, 5) is 30.4. The summed E-state index contributed by atoms with van der Waals surface area (Å²) in [7, 11) is 1.72. The van der Waals surface area contributed by atoms with Crippen molar-refractivity contribution in [3.8, 4) is 0 Å². The van der Waals surface area contributed by atoms with E-state index in [0.29, 0.717) is 24.5 Å². The molecule has 41 heavy (non-hydrogen) atoms. The average Bonchev–Trinajstić information content (AvgIpc) is 3.85. The molecule has 0 bridgehead atoms. The third-order valence-electron chi connectivity index (χ3n) is 7.86. The van der Waals surface area contributed by atoms with Crippen LogP contribution < -0.4 is 0 Å². The molecule has 2 amide bonds. The molecule has 2 aromatic carbocycles. The smallest absolute Gasteiger partial charge is 0.410 e. The van der Waals surface area contributed by atoms with Gasteiger partial charge in [-0.25, -0.2) is 13.6 Å². The van der Waals surface area contributed by atoms with Gasteiger partial charge in [0.05, 0.1) is 24.2 Å². The molecule has 1 heterocycles. The van der Waals surface area contributed by atoms with Crippen LogP contribution in [0.2, 0.25) is 5.02 Å². The Kier molecular flexibility index (Phi) is 8.44. The van der Waals surface area contributed by atoms with Crippen molar-refractivity contribution in [2.45, 2.75) is 77.2 Å². The lowest BCUT2D eigenvalue weighted by Crippen LogP contribution is -2.44. The van der Waals surface area contributed by atoms with E-state index in [2.05, 4.69) is 0 Å². The van der Waals surface area contributed by atoms with Crippen LogP contribution in [0.1, 0.15) is 75.7 Å². The summed E-state index contributed by atoms with van der Waals surface area (Å²) in [5, 5.41) is -0.323. The number of benzene rings is 2. The summed E-state index contributed by atoms with van der Waals surface area (Å²) in [6.45, 7) is 5.67. The zero-order chi connectivity index (χ0) is 29.5. The average molecular weight is 587 g/mol. The van der Waals surface area contributed by atoms with E-state index in [4.69, 9.17) is 21.1 Å². The van der Waals surface area contributed by atoms with E-state index in [9.17, 15) is 18.4 Å². The Hall–Kier alpha value is -2.97. The molecule has 3 aliphatic rings. The van der Waals surface area contributed by atoms with Crippen molar-refractivity contribution in [3.05, 3.63) is 75.3 Å². The zero-order valence-electron chi connectivity index (χ0n) is 24.0. The van der Waals surface area contributed by atoms with Crippen LogP contribution in [0.5, 0.6) is 0 Å². The van der Waals surface area contributed by atoms with Gasteiger partial charge in [0.25, 0.3) is 5.91 Å². The zero-order valence-corrected chi connectivity index (χ0v) is 24.8. The van der Waals surface area contributed by atoms with Crippen LogP contribution in [0.15, 0.2) is 42.0 Å². The lowest BCUT2D eigenvalue weighted by Gasteiger charge is -2.34. The molecule has 2 aromatic rings. The molecule has 0 aromatic heterocycles. The molecule has 6 nitrogen and oxygen atoms in total. The Morgan fingerprint density at radius 2 is 1.71 bits per heavy atom. The van der Waals surface area contributed by atoms with Gasteiger partial charge in [-0.15, -0.1) is 0 Å². The molecule has 0 saturated heterocycles. The third-order valence-corrected chi connectivity index (χ3v) is 8.27. The van der Waals surface area contributed by atoms with E-state index < -0.39 is 23.3 Å². The lowest BCUT2D eigenvalue weighted by molar-refractivity contribution is -0.128. The Bertz CT molecular complexity index is 1350. The molecule has 220 valence electrons. The van der Waals surface area contributed by atoms with Crippen molar-refractivity contribution in [1.29, 1.82) is 0 Å². The topological polar surface area (TPSA) is 59.1 Å². The second-order valence-electron chi connectivity index (χ2n) is 12.2. The van der Waals surface area contributed by atoms with Crippen LogP contribution >= 0.6 is 11.6 Å². The molecule has 2 fully saturated rings. The fourth-order valence-electron chi connectivity index (χ4n) is 5.44. The maximum Gasteiger partial charge on any atom is 0.410 e. The largest absolute Gasteiger partial charge is 0.444 e. The van der Waals surface area contributed by atoms with Crippen LogP contribution in [-0.2, 0) is 20.8 Å². The van der Waals surface area contributed by atoms with Gasteiger partial charge in [-0.3, -0.25) is 4.79 Å². The summed E-state index contributed by atoms with van der Waals surface area (Å²) in [6.07, 6.45) is 3.81. The predicted molar refractivity (Wildman–Crippen MR) is 153 cm³/mol. The van der Waals surface area contributed by atoms with Crippen LogP contribution in [0, 0.1) is 17.6 Å². The highest BCUT2D eigenvalue weighted by molar-refractivity contribution is 6.31. The Morgan fingerprint density at radius 3 is 2.29 bits per heavy atom. The molecule has 0 radical (unpaired) electrons. The Morgan fingerprint density at radius 1 is 1.05 bits per heavy atom. The normalized spacial score (nSPS) is 18.4. The highest BCUT2D eigenvalue weighted by Gasteiger charge is 2.39.